The molecule has 0 N–H and O–H groups in total. The van der Waals surface area contributed by atoms with Gasteiger partial charge in [0.1, 0.15) is 0 Å². The average molecular weight is 725 g/mol. The summed E-state index contributed by atoms with van der Waals surface area (Å²) in [6.45, 7) is 11.3. The van der Waals surface area contributed by atoms with Gasteiger partial charge in [-0.3, -0.25) is 0 Å². The van der Waals surface area contributed by atoms with E-state index in [1.54, 1.807) is 0 Å². The van der Waals surface area contributed by atoms with E-state index in [9.17, 15) is 0 Å². The highest BCUT2D eigenvalue weighted by Gasteiger charge is 2.22. The van der Waals surface area contributed by atoms with Gasteiger partial charge in [0.2, 0.25) is 0 Å². The Labute approximate surface area is 323 Å². The van der Waals surface area contributed by atoms with Crippen molar-refractivity contribution in [2.75, 3.05) is 0 Å². The number of benzene rings is 8. The largest absolute Gasteiger partial charge is 0.135 e. The molecule has 0 atom stereocenters. The quantitative estimate of drug-likeness (QED) is 0.122. The normalized spacial score (nSPS) is 14.1. The van der Waals surface area contributed by atoms with Crippen molar-refractivity contribution < 1.29 is 0 Å². The molecule has 0 bridgehead atoms. The summed E-state index contributed by atoms with van der Waals surface area (Å²) in [4.78, 5) is 2.76. The van der Waals surface area contributed by atoms with Crippen molar-refractivity contribution in [3.05, 3.63) is 204 Å². The summed E-state index contributed by atoms with van der Waals surface area (Å²) < 4.78 is 2.71. The van der Waals surface area contributed by atoms with E-state index < -0.39 is 0 Å². The second-order valence-electron chi connectivity index (χ2n) is 14.2. The van der Waals surface area contributed by atoms with Gasteiger partial charge < -0.3 is 0 Å². The number of fused-ring (bicyclic) bond motifs is 10. The molecule has 10 rings (SSSR count). The van der Waals surface area contributed by atoms with Gasteiger partial charge in [0.05, 0.1) is 0 Å². The lowest BCUT2D eigenvalue weighted by atomic mass is 9.85. The van der Waals surface area contributed by atoms with E-state index in [4.69, 9.17) is 0 Å². The Morgan fingerprint density at radius 3 is 2.02 bits per heavy atom. The maximum absolute atomic E-state index is 4.63. The summed E-state index contributed by atoms with van der Waals surface area (Å²) in [6.07, 6.45) is 9.73. The van der Waals surface area contributed by atoms with Gasteiger partial charge in [0.25, 0.3) is 0 Å². The van der Waals surface area contributed by atoms with Crippen LogP contribution in [-0.2, 0) is 6.42 Å². The molecule has 1 aliphatic rings. The van der Waals surface area contributed by atoms with Crippen LogP contribution in [0.15, 0.2) is 198 Å². The Morgan fingerprint density at radius 2 is 1.24 bits per heavy atom. The molecule has 0 nitrogen and oxygen atoms in total. The Balaban J connectivity index is 0.960. The molecule has 54 heavy (non-hydrogen) atoms. The van der Waals surface area contributed by atoms with Crippen molar-refractivity contribution in [2.24, 2.45) is 0 Å². The van der Waals surface area contributed by atoms with Crippen molar-refractivity contribution in [3.63, 3.8) is 0 Å². The van der Waals surface area contributed by atoms with E-state index in [1.165, 1.54) is 95.3 Å². The molecule has 0 saturated carbocycles. The molecule has 0 saturated heterocycles. The topological polar surface area (TPSA) is 0 Å². The van der Waals surface area contributed by atoms with Crippen LogP contribution in [0.3, 0.4) is 0 Å². The third-order valence-corrected chi connectivity index (χ3v) is 13.3. The first-order chi connectivity index (χ1) is 26.5. The first-order valence-corrected chi connectivity index (χ1v) is 20.1. The first kappa shape index (κ1) is 32.7. The molecule has 0 spiro atoms. The summed E-state index contributed by atoms with van der Waals surface area (Å²) >= 11 is 3.81. The third-order valence-electron chi connectivity index (χ3n) is 11.0. The summed E-state index contributed by atoms with van der Waals surface area (Å²) in [7, 11) is 0. The lowest BCUT2D eigenvalue weighted by Crippen LogP contribution is -1.92. The van der Waals surface area contributed by atoms with Crippen LogP contribution in [-0.4, -0.2) is 0 Å². The fourth-order valence-electron chi connectivity index (χ4n) is 8.22. The van der Waals surface area contributed by atoms with E-state index in [0.717, 1.165) is 23.1 Å². The monoisotopic (exact) mass is 724 g/mol. The van der Waals surface area contributed by atoms with Gasteiger partial charge in [-0.2, -0.15) is 0 Å². The van der Waals surface area contributed by atoms with E-state index in [2.05, 4.69) is 184 Å². The molecule has 0 aliphatic carbocycles. The highest BCUT2D eigenvalue weighted by molar-refractivity contribution is 8.03. The van der Waals surface area contributed by atoms with Crippen LogP contribution in [0, 0.1) is 0 Å². The minimum absolute atomic E-state index is 0.951. The average Bonchev–Trinajstić information content (AvgIpc) is 3.82. The predicted molar refractivity (Wildman–Crippen MR) is 240 cm³/mol. The molecule has 2 heterocycles. The van der Waals surface area contributed by atoms with Crippen molar-refractivity contribution in [3.8, 4) is 11.1 Å². The molecule has 0 unspecified atom stereocenters. The van der Waals surface area contributed by atoms with Crippen LogP contribution in [0.2, 0.25) is 0 Å². The molecular weight excluding hydrogens is 689 g/mol. The fourth-order valence-corrected chi connectivity index (χ4v) is 10.6. The SMILES string of the molecule is C=C(/C=C\C(=C)c1c2ccccc2c(-c2ccc3ccccc3c2)c2ccccc12)/C(C)=C/C=C1\Cc2ccc3ccc4sc5ccccc5c4c3c2S1. The molecule has 8 aromatic carbocycles. The van der Waals surface area contributed by atoms with Crippen LogP contribution >= 0.6 is 23.1 Å². The summed E-state index contributed by atoms with van der Waals surface area (Å²) in [5, 5.41) is 12.8. The molecule has 9 aromatic rings. The van der Waals surface area contributed by atoms with Crippen molar-refractivity contribution in [2.45, 2.75) is 18.2 Å². The van der Waals surface area contributed by atoms with Crippen molar-refractivity contribution >= 4 is 91.9 Å². The highest BCUT2D eigenvalue weighted by Crippen LogP contribution is 2.49. The minimum atomic E-state index is 0.951. The van der Waals surface area contributed by atoms with Crippen LogP contribution in [0.25, 0.3) is 80.0 Å². The number of hydrogen-bond acceptors (Lipinski definition) is 2. The van der Waals surface area contributed by atoms with Crippen molar-refractivity contribution in [1.29, 1.82) is 0 Å². The first-order valence-electron chi connectivity index (χ1n) is 18.4. The minimum Gasteiger partial charge on any atom is -0.135 e. The molecule has 256 valence electrons. The Bertz CT molecular complexity index is 3090. The second kappa shape index (κ2) is 13.2. The fraction of sp³-hybridized carbons (Fsp3) is 0.0385. The van der Waals surface area contributed by atoms with E-state index in [-0.39, 0.29) is 0 Å². The molecule has 0 fully saturated rings. The van der Waals surface area contributed by atoms with E-state index in [0.29, 0.717) is 0 Å². The van der Waals surface area contributed by atoms with E-state index in [1.807, 2.05) is 23.1 Å². The summed E-state index contributed by atoms with van der Waals surface area (Å²) in [5.41, 5.74) is 8.15. The van der Waals surface area contributed by atoms with Crippen molar-refractivity contribution in [1.82, 2.24) is 0 Å². The third kappa shape index (κ3) is 5.45. The molecular formula is C52H36S2. The molecule has 0 radical (unpaired) electrons. The van der Waals surface area contributed by atoms with Gasteiger partial charge in [-0.15, -0.1) is 11.3 Å². The Morgan fingerprint density at radius 1 is 0.593 bits per heavy atom. The number of thiophene rings is 1. The van der Waals surface area contributed by atoms with Crippen LogP contribution < -0.4 is 0 Å². The van der Waals surface area contributed by atoms with Gasteiger partial charge in [0.15, 0.2) is 0 Å². The predicted octanol–water partition coefficient (Wildman–Crippen LogP) is 15.6. The maximum atomic E-state index is 4.63. The lowest BCUT2D eigenvalue weighted by molar-refractivity contribution is 1.23. The number of thioether (sulfide) groups is 1. The van der Waals surface area contributed by atoms with Crippen LogP contribution in [0.5, 0.6) is 0 Å². The van der Waals surface area contributed by atoms with Gasteiger partial charge in [-0.05, 0) is 107 Å². The summed E-state index contributed by atoms with van der Waals surface area (Å²) in [6, 6.07) is 50.9. The van der Waals surface area contributed by atoms with Gasteiger partial charge >= 0.3 is 0 Å². The summed E-state index contributed by atoms with van der Waals surface area (Å²) in [5.74, 6) is 0. The smallest absolute Gasteiger partial charge is 0.0362 e. The van der Waals surface area contributed by atoms with Gasteiger partial charge in [-0.25, -0.2) is 0 Å². The van der Waals surface area contributed by atoms with Crippen LogP contribution in [0.1, 0.15) is 18.1 Å². The van der Waals surface area contributed by atoms with E-state index >= 15 is 0 Å². The van der Waals surface area contributed by atoms with Gasteiger partial charge in [0, 0.05) is 36.9 Å². The Hall–Kier alpha value is -5.93. The zero-order valence-electron chi connectivity index (χ0n) is 30.0. The number of allylic oxidation sites excluding steroid dienone is 8. The maximum Gasteiger partial charge on any atom is 0.0362 e. The molecule has 1 aromatic heterocycles. The zero-order valence-corrected chi connectivity index (χ0v) is 31.7. The highest BCUT2D eigenvalue weighted by atomic mass is 32.2. The Kier molecular flexibility index (Phi) is 7.98. The van der Waals surface area contributed by atoms with Gasteiger partial charge in [-0.1, -0.05) is 171 Å². The number of hydrogen-bond donors (Lipinski definition) is 0. The zero-order chi connectivity index (χ0) is 36.3. The molecule has 0 amide bonds. The molecule has 2 heteroatoms. The molecule has 1 aliphatic heterocycles. The second-order valence-corrected chi connectivity index (χ2v) is 16.5. The number of rotatable bonds is 6. The lowest BCUT2D eigenvalue weighted by Gasteiger charge is -2.18. The standard InChI is InChI=1S/C52H36S2/c1-32(33(2)22-28-40-31-39-26-24-36-27-29-47-51(50(36)52(39)53-40)45-18-10-11-19-46(45)54-47)20-21-34(3)48-41-14-6-8-16-43(41)49(44-17-9-7-15-42(44)48)38-25-23-35-12-4-5-13-37(35)30-38/h4-30H,1,3,31H2,2H3/b21-20-,33-22+,40-28+. The van der Waals surface area contributed by atoms with Crippen LogP contribution in [0.4, 0.5) is 0 Å².